The number of rotatable bonds is 6. The van der Waals surface area contributed by atoms with Crippen LogP contribution in [0.15, 0.2) is 24.3 Å². The number of carbonyl (C=O) groups excluding carboxylic acids is 4. The Kier molecular flexibility index (Phi) is 4.10. The van der Waals surface area contributed by atoms with Crippen LogP contribution in [-0.4, -0.2) is 48.2 Å². The van der Waals surface area contributed by atoms with Crippen LogP contribution in [-0.2, 0) is 9.59 Å². The Morgan fingerprint density at radius 1 is 1.00 bits per heavy atom. The van der Waals surface area contributed by atoms with Crippen molar-refractivity contribution in [2.24, 2.45) is 5.92 Å². The van der Waals surface area contributed by atoms with Gasteiger partial charge in [0.05, 0.1) is 11.1 Å². The third-order valence-electron chi connectivity index (χ3n) is 3.87. The summed E-state index contributed by atoms with van der Waals surface area (Å²) in [7, 11) is 0. The zero-order valence-corrected chi connectivity index (χ0v) is 12.5. The van der Waals surface area contributed by atoms with Gasteiger partial charge in [-0.25, -0.2) is 0 Å². The van der Waals surface area contributed by atoms with Gasteiger partial charge in [-0.05, 0) is 25.0 Å². The SMILES string of the molecule is O=C(CN1C(=O)c2ccccc2C1=O)NCCNC(=O)C1CC1. The Balaban J connectivity index is 1.46. The van der Waals surface area contributed by atoms with Gasteiger partial charge in [-0.3, -0.25) is 24.1 Å². The van der Waals surface area contributed by atoms with E-state index < -0.39 is 17.7 Å². The number of hydrogen-bond acceptors (Lipinski definition) is 4. The predicted octanol–water partition coefficient (Wildman–Crippen LogP) is -0.0750. The Bertz CT molecular complexity index is 647. The summed E-state index contributed by atoms with van der Waals surface area (Å²) >= 11 is 0. The van der Waals surface area contributed by atoms with Crippen molar-refractivity contribution in [2.75, 3.05) is 19.6 Å². The molecular weight excluding hydrogens is 298 g/mol. The number of nitrogens with one attached hydrogen (secondary N) is 2. The minimum atomic E-state index is -0.456. The number of imide groups is 1. The summed E-state index contributed by atoms with van der Waals surface area (Å²) in [6.45, 7) is 0.284. The Labute approximate surface area is 133 Å². The molecule has 7 heteroatoms. The molecule has 2 aliphatic rings. The molecule has 3 rings (SSSR count). The first kappa shape index (κ1) is 15.2. The summed E-state index contributed by atoms with van der Waals surface area (Å²) in [6, 6.07) is 6.49. The molecule has 0 bridgehead atoms. The van der Waals surface area contributed by atoms with Gasteiger partial charge in [-0.1, -0.05) is 12.1 Å². The number of benzene rings is 1. The van der Waals surface area contributed by atoms with Crippen molar-refractivity contribution in [3.05, 3.63) is 35.4 Å². The van der Waals surface area contributed by atoms with Crippen LogP contribution < -0.4 is 10.6 Å². The summed E-state index contributed by atoms with van der Waals surface area (Å²) in [4.78, 5) is 48.4. The van der Waals surface area contributed by atoms with Gasteiger partial charge in [-0.15, -0.1) is 0 Å². The minimum Gasteiger partial charge on any atom is -0.354 e. The van der Waals surface area contributed by atoms with Gasteiger partial charge in [0.15, 0.2) is 0 Å². The molecule has 1 aromatic carbocycles. The molecule has 1 aromatic rings. The highest BCUT2D eigenvalue weighted by molar-refractivity contribution is 6.22. The van der Waals surface area contributed by atoms with Crippen LogP contribution in [0.4, 0.5) is 0 Å². The van der Waals surface area contributed by atoms with Crippen LogP contribution in [0.3, 0.4) is 0 Å². The van der Waals surface area contributed by atoms with Crippen molar-refractivity contribution in [2.45, 2.75) is 12.8 Å². The molecule has 23 heavy (non-hydrogen) atoms. The van der Waals surface area contributed by atoms with Crippen LogP contribution in [0.2, 0.25) is 0 Å². The quantitative estimate of drug-likeness (QED) is 0.567. The van der Waals surface area contributed by atoms with Gasteiger partial charge >= 0.3 is 0 Å². The molecule has 0 saturated heterocycles. The molecule has 1 saturated carbocycles. The largest absolute Gasteiger partial charge is 0.354 e. The van der Waals surface area contributed by atoms with Crippen molar-refractivity contribution in [3.63, 3.8) is 0 Å². The van der Waals surface area contributed by atoms with Gasteiger partial charge in [-0.2, -0.15) is 0 Å². The van der Waals surface area contributed by atoms with Crippen molar-refractivity contribution in [1.29, 1.82) is 0 Å². The van der Waals surface area contributed by atoms with Crippen molar-refractivity contribution in [3.8, 4) is 0 Å². The first-order chi connectivity index (χ1) is 11.1. The van der Waals surface area contributed by atoms with Crippen LogP contribution >= 0.6 is 0 Å². The highest BCUT2D eigenvalue weighted by atomic mass is 16.2. The van der Waals surface area contributed by atoms with E-state index >= 15 is 0 Å². The van der Waals surface area contributed by atoms with E-state index in [-0.39, 0.29) is 24.9 Å². The summed E-state index contributed by atoms with van der Waals surface area (Å²) in [5.74, 6) is -1.20. The molecule has 0 spiro atoms. The summed E-state index contributed by atoms with van der Waals surface area (Å²) in [5, 5.41) is 5.32. The molecule has 2 N–H and O–H groups in total. The average Bonchev–Trinajstić information content (AvgIpc) is 3.37. The van der Waals surface area contributed by atoms with Gasteiger partial charge in [0.1, 0.15) is 6.54 Å². The second kappa shape index (κ2) is 6.20. The van der Waals surface area contributed by atoms with Gasteiger partial charge in [0.2, 0.25) is 11.8 Å². The smallest absolute Gasteiger partial charge is 0.262 e. The Morgan fingerprint density at radius 2 is 1.57 bits per heavy atom. The van der Waals surface area contributed by atoms with Crippen LogP contribution in [0.25, 0.3) is 0 Å². The maximum atomic E-state index is 12.1. The first-order valence-corrected chi connectivity index (χ1v) is 7.57. The van der Waals surface area contributed by atoms with Crippen molar-refractivity contribution in [1.82, 2.24) is 15.5 Å². The fourth-order valence-corrected chi connectivity index (χ4v) is 2.46. The second-order valence-corrected chi connectivity index (χ2v) is 5.66. The molecular formula is C16H17N3O4. The van der Waals surface area contributed by atoms with Crippen LogP contribution in [0, 0.1) is 5.92 Å². The maximum absolute atomic E-state index is 12.1. The lowest BCUT2D eigenvalue weighted by atomic mass is 10.1. The summed E-state index contributed by atoms with van der Waals surface area (Å²) in [6.07, 6.45) is 1.86. The highest BCUT2D eigenvalue weighted by Crippen LogP contribution is 2.28. The van der Waals surface area contributed by atoms with Gasteiger partial charge < -0.3 is 10.6 Å². The molecule has 4 amide bonds. The number of fused-ring (bicyclic) bond motifs is 1. The van der Waals surface area contributed by atoms with E-state index in [4.69, 9.17) is 0 Å². The third kappa shape index (κ3) is 3.23. The standard InChI is InChI=1S/C16H17N3O4/c20-13(17-7-8-18-14(21)10-5-6-10)9-19-15(22)11-3-1-2-4-12(11)16(19)23/h1-4,10H,5-9H2,(H,17,20)(H,18,21). The van der Waals surface area contributed by atoms with Crippen LogP contribution in [0.1, 0.15) is 33.6 Å². The molecule has 0 radical (unpaired) electrons. The summed E-state index contributed by atoms with van der Waals surface area (Å²) in [5.41, 5.74) is 0.643. The molecule has 0 atom stereocenters. The third-order valence-corrected chi connectivity index (χ3v) is 3.87. The predicted molar refractivity (Wildman–Crippen MR) is 80.6 cm³/mol. The Morgan fingerprint density at radius 3 is 2.13 bits per heavy atom. The normalized spacial score (nSPS) is 16.3. The van der Waals surface area contributed by atoms with Crippen molar-refractivity contribution < 1.29 is 19.2 Å². The second-order valence-electron chi connectivity index (χ2n) is 5.66. The van der Waals surface area contributed by atoms with Crippen LogP contribution in [0.5, 0.6) is 0 Å². The lowest BCUT2D eigenvalue weighted by Crippen LogP contribution is -2.42. The number of amides is 4. The number of nitrogens with zero attached hydrogens (tertiary/aromatic N) is 1. The molecule has 1 aliphatic heterocycles. The molecule has 120 valence electrons. The molecule has 0 unspecified atom stereocenters. The molecule has 1 aliphatic carbocycles. The number of carbonyl (C=O) groups is 4. The lowest BCUT2D eigenvalue weighted by molar-refractivity contribution is -0.123. The van der Waals surface area contributed by atoms with E-state index in [1.807, 2.05) is 0 Å². The van der Waals surface area contributed by atoms with E-state index in [2.05, 4.69) is 10.6 Å². The maximum Gasteiger partial charge on any atom is 0.262 e. The zero-order chi connectivity index (χ0) is 16.4. The first-order valence-electron chi connectivity index (χ1n) is 7.57. The lowest BCUT2D eigenvalue weighted by Gasteiger charge is -2.13. The fraction of sp³-hybridized carbons (Fsp3) is 0.375. The zero-order valence-electron chi connectivity index (χ0n) is 12.5. The molecule has 1 fully saturated rings. The van der Waals surface area contributed by atoms with Crippen molar-refractivity contribution >= 4 is 23.6 Å². The number of hydrogen-bond donors (Lipinski definition) is 2. The highest BCUT2D eigenvalue weighted by Gasteiger charge is 2.36. The summed E-state index contributed by atoms with van der Waals surface area (Å²) < 4.78 is 0. The average molecular weight is 315 g/mol. The Hall–Kier alpha value is -2.70. The van der Waals surface area contributed by atoms with E-state index in [0.717, 1.165) is 17.7 Å². The molecule has 7 nitrogen and oxygen atoms in total. The molecule has 0 aromatic heterocycles. The van der Waals surface area contributed by atoms with Gasteiger partial charge in [0, 0.05) is 19.0 Å². The minimum absolute atomic E-state index is 0.0135. The fourth-order valence-electron chi connectivity index (χ4n) is 2.46. The monoisotopic (exact) mass is 315 g/mol. The molecule has 1 heterocycles. The van der Waals surface area contributed by atoms with E-state index in [9.17, 15) is 19.2 Å². The van der Waals surface area contributed by atoms with E-state index in [0.29, 0.717) is 17.7 Å². The topological polar surface area (TPSA) is 95.6 Å². The van der Waals surface area contributed by atoms with E-state index in [1.165, 1.54) is 0 Å². The van der Waals surface area contributed by atoms with Gasteiger partial charge in [0.25, 0.3) is 11.8 Å². The van der Waals surface area contributed by atoms with E-state index in [1.54, 1.807) is 24.3 Å².